The van der Waals surface area contributed by atoms with Crippen molar-refractivity contribution in [3.63, 3.8) is 0 Å². The molecule has 0 aliphatic carbocycles. The minimum atomic E-state index is -1.68. The maximum absolute atomic E-state index is 6.31. The second kappa shape index (κ2) is 23.5. The normalized spacial score (nSPS) is 13.8. The Labute approximate surface area is 233 Å². The Bertz CT molecular complexity index is 557. The number of rotatable bonds is 27. The molecule has 0 rings (SSSR count). The van der Waals surface area contributed by atoms with E-state index in [1.807, 2.05) is 0 Å². The van der Waals surface area contributed by atoms with Crippen molar-refractivity contribution in [2.45, 2.75) is 122 Å². The summed E-state index contributed by atoms with van der Waals surface area (Å²) >= 11 is 0. The van der Waals surface area contributed by atoms with Crippen LogP contribution in [0.1, 0.15) is 116 Å². The summed E-state index contributed by atoms with van der Waals surface area (Å²) in [4.78, 5) is 0. The average molecular weight is 544 g/mol. The van der Waals surface area contributed by atoms with E-state index in [1.165, 1.54) is 89.9 Å². The third kappa shape index (κ3) is 27.0. The molecule has 0 fully saturated rings. The third-order valence-electron chi connectivity index (χ3n) is 7.11. The van der Waals surface area contributed by atoms with Crippen LogP contribution in [-0.4, -0.2) is 70.9 Å². The van der Waals surface area contributed by atoms with Crippen LogP contribution in [0.3, 0.4) is 0 Å². The van der Waals surface area contributed by atoms with Gasteiger partial charge < -0.3 is 0 Å². The number of nitrogens with two attached hydrogens (primary N) is 1. The van der Waals surface area contributed by atoms with Crippen LogP contribution in [0.4, 0.5) is 0 Å². The third-order valence-corrected chi connectivity index (χ3v) is 9.59. The molecule has 222 valence electrons. The zero-order valence-corrected chi connectivity index (χ0v) is 27.1. The Morgan fingerprint density at radius 1 is 0.838 bits per heavy atom. The SMILES string of the molecule is C=C(CCCCCCCC/C=C\CCCCCCCC)OC(CCN)CC[PH](C)(C)OCC[N+](C)(C)C. The molecule has 0 spiro atoms. The molecule has 0 aromatic carbocycles. The van der Waals surface area contributed by atoms with Crippen LogP contribution >= 0.6 is 7.49 Å². The fourth-order valence-corrected chi connectivity index (χ4v) is 6.29. The van der Waals surface area contributed by atoms with Gasteiger partial charge in [0, 0.05) is 0 Å². The Hall–Kier alpha value is -0.410. The molecule has 0 aliphatic rings. The van der Waals surface area contributed by atoms with Crippen LogP contribution in [-0.2, 0) is 9.26 Å². The van der Waals surface area contributed by atoms with Crippen molar-refractivity contribution >= 4 is 7.49 Å². The van der Waals surface area contributed by atoms with Crippen molar-refractivity contribution in [3.8, 4) is 0 Å². The molecule has 1 atom stereocenters. The summed E-state index contributed by atoms with van der Waals surface area (Å²) in [6, 6.07) is 0. The molecule has 5 heteroatoms. The number of ether oxygens (including phenoxy) is 1. The standard InChI is InChI=1S/C32H68N2O2P/c1-8-9-10-11-12-13-14-15-16-17-18-19-20-21-22-23-24-31(2)36-32(25-27-33)26-30-37(6,7)35-29-28-34(3,4)5/h15-16,32,37H,2,8-14,17-30,33H2,1,3-7H3/q+1/b16-15-. The molecule has 0 saturated carbocycles. The first-order valence-electron chi connectivity index (χ1n) is 15.7. The van der Waals surface area contributed by atoms with Crippen molar-refractivity contribution in [3.05, 3.63) is 24.5 Å². The van der Waals surface area contributed by atoms with Crippen LogP contribution in [0.5, 0.6) is 0 Å². The molecule has 4 nitrogen and oxygen atoms in total. The number of unbranched alkanes of at least 4 members (excludes halogenated alkanes) is 12. The van der Waals surface area contributed by atoms with Gasteiger partial charge in [0.15, 0.2) is 0 Å². The Balaban J connectivity index is 3.81. The van der Waals surface area contributed by atoms with Crippen molar-refractivity contribution in [1.82, 2.24) is 0 Å². The summed E-state index contributed by atoms with van der Waals surface area (Å²) in [7, 11) is 4.97. The molecule has 0 aliphatic heterocycles. The molecule has 2 N–H and O–H groups in total. The number of nitrogens with zero attached hydrogens (tertiary/aromatic N) is 1. The van der Waals surface area contributed by atoms with Crippen LogP contribution in [0, 0.1) is 0 Å². The van der Waals surface area contributed by atoms with Gasteiger partial charge in [-0.1, -0.05) is 51.2 Å². The summed E-state index contributed by atoms with van der Waals surface area (Å²) < 4.78 is 13.5. The summed E-state index contributed by atoms with van der Waals surface area (Å²) in [5.41, 5.74) is 5.88. The topological polar surface area (TPSA) is 44.5 Å². The predicted octanol–water partition coefficient (Wildman–Crippen LogP) is 8.70. The summed E-state index contributed by atoms with van der Waals surface area (Å²) in [5, 5.41) is 0. The fourth-order valence-electron chi connectivity index (χ4n) is 4.49. The van der Waals surface area contributed by atoms with Crippen molar-refractivity contribution in [1.29, 1.82) is 0 Å². The summed E-state index contributed by atoms with van der Waals surface area (Å²) in [5.74, 6) is 0.944. The zero-order chi connectivity index (χ0) is 27.8. The molecule has 0 heterocycles. The van der Waals surface area contributed by atoms with Gasteiger partial charge in [-0.2, -0.15) is 0 Å². The molecule has 0 radical (unpaired) electrons. The van der Waals surface area contributed by atoms with Crippen LogP contribution in [0.2, 0.25) is 0 Å². The first-order chi connectivity index (χ1) is 17.6. The Morgan fingerprint density at radius 2 is 1.38 bits per heavy atom. The zero-order valence-electron chi connectivity index (χ0n) is 26.1. The molecule has 0 bridgehead atoms. The van der Waals surface area contributed by atoms with Gasteiger partial charge in [0.25, 0.3) is 0 Å². The second-order valence-electron chi connectivity index (χ2n) is 12.7. The van der Waals surface area contributed by atoms with Crippen molar-refractivity contribution in [2.24, 2.45) is 5.73 Å². The summed E-state index contributed by atoms with van der Waals surface area (Å²) in [6.45, 7) is 13.7. The van der Waals surface area contributed by atoms with Crippen molar-refractivity contribution < 1.29 is 13.7 Å². The van der Waals surface area contributed by atoms with Gasteiger partial charge in [-0.15, -0.1) is 0 Å². The van der Waals surface area contributed by atoms with Gasteiger partial charge >= 0.3 is 164 Å². The van der Waals surface area contributed by atoms with E-state index in [0.717, 1.165) is 48.8 Å². The van der Waals surface area contributed by atoms with E-state index >= 15 is 0 Å². The van der Waals surface area contributed by atoms with Gasteiger partial charge in [-0.3, -0.25) is 0 Å². The van der Waals surface area contributed by atoms with E-state index in [-0.39, 0.29) is 6.10 Å². The van der Waals surface area contributed by atoms with E-state index < -0.39 is 7.49 Å². The molecule has 0 aromatic rings. The quantitative estimate of drug-likeness (QED) is 0.0370. The first-order valence-corrected chi connectivity index (χ1v) is 18.8. The van der Waals surface area contributed by atoms with Gasteiger partial charge in [-0.05, 0) is 19.3 Å². The van der Waals surface area contributed by atoms with Crippen molar-refractivity contribution in [2.75, 3.05) is 60.3 Å². The van der Waals surface area contributed by atoms with Crippen LogP contribution in [0.15, 0.2) is 24.5 Å². The van der Waals surface area contributed by atoms with E-state index in [4.69, 9.17) is 15.0 Å². The van der Waals surface area contributed by atoms with E-state index in [1.54, 1.807) is 0 Å². The predicted molar refractivity (Wildman–Crippen MR) is 170 cm³/mol. The minimum absolute atomic E-state index is 0.181. The second-order valence-corrected chi connectivity index (χ2v) is 17.0. The maximum atomic E-state index is 6.31. The van der Waals surface area contributed by atoms with E-state index in [0.29, 0.717) is 6.54 Å². The van der Waals surface area contributed by atoms with Gasteiger partial charge in [0.05, 0.1) is 0 Å². The molecule has 1 unspecified atom stereocenters. The number of hydrogen-bond acceptors (Lipinski definition) is 3. The van der Waals surface area contributed by atoms with E-state index in [2.05, 4.69) is 60.1 Å². The molecule has 37 heavy (non-hydrogen) atoms. The molecular weight excluding hydrogens is 475 g/mol. The average Bonchev–Trinajstić information content (AvgIpc) is 2.81. The van der Waals surface area contributed by atoms with Gasteiger partial charge in [0.2, 0.25) is 0 Å². The fraction of sp³-hybridized carbons (Fsp3) is 0.875. The molecule has 0 aromatic heterocycles. The van der Waals surface area contributed by atoms with Gasteiger partial charge in [-0.25, -0.2) is 0 Å². The molecule has 0 saturated heterocycles. The Morgan fingerprint density at radius 3 is 1.92 bits per heavy atom. The molecule has 0 amide bonds. The Kier molecular flexibility index (Phi) is 23.2. The molecular formula is C32H68N2O2P+. The number of hydrogen-bond donors (Lipinski definition) is 1. The monoisotopic (exact) mass is 544 g/mol. The first kappa shape index (κ1) is 36.6. The van der Waals surface area contributed by atoms with E-state index in [9.17, 15) is 0 Å². The van der Waals surface area contributed by atoms with Gasteiger partial charge in [0.1, 0.15) is 0 Å². The number of likely N-dealkylation sites (N-methyl/N-ethyl adjacent to an activating group) is 1. The number of allylic oxidation sites excluding steroid dienone is 3. The van der Waals surface area contributed by atoms with Crippen LogP contribution in [0.25, 0.3) is 0 Å². The summed E-state index contributed by atoms with van der Waals surface area (Å²) in [6.07, 6.45) is 27.7. The number of quaternary nitrogens is 1. The van der Waals surface area contributed by atoms with Crippen LogP contribution < -0.4 is 5.73 Å².